The van der Waals surface area contributed by atoms with Gasteiger partial charge < -0.3 is 14.9 Å². The zero-order chi connectivity index (χ0) is 15.0. The fourth-order valence-corrected chi connectivity index (χ4v) is 4.48. The summed E-state index contributed by atoms with van der Waals surface area (Å²) >= 11 is 0. The highest BCUT2D eigenvalue weighted by molar-refractivity contribution is 5.79. The molecule has 2 amide bonds. The summed E-state index contributed by atoms with van der Waals surface area (Å²) in [4.78, 5) is 28.0. The molecule has 1 N–H and O–H groups in total. The van der Waals surface area contributed by atoms with Crippen molar-refractivity contribution < 1.29 is 14.7 Å². The van der Waals surface area contributed by atoms with Gasteiger partial charge in [0.15, 0.2) is 0 Å². The molecule has 3 fully saturated rings. The molecule has 0 spiro atoms. The maximum Gasteiger partial charge on any atom is 0.320 e. The number of carbonyl (C=O) groups excluding carboxylic acids is 1. The average molecular weight is 294 g/mol. The lowest BCUT2D eigenvalue weighted by atomic mass is 9.89. The van der Waals surface area contributed by atoms with Crippen molar-refractivity contribution in [2.75, 3.05) is 13.1 Å². The molecule has 3 aliphatic rings. The van der Waals surface area contributed by atoms with Gasteiger partial charge in [-0.05, 0) is 44.4 Å². The number of carbonyl (C=O) groups is 2. The Bertz CT molecular complexity index is 426. The van der Waals surface area contributed by atoms with Gasteiger partial charge in [0.25, 0.3) is 0 Å². The van der Waals surface area contributed by atoms with Crippen LogP contribution in [0.4, 0.5) is 4.79 Å². The Morgan fingerprint density at radius 3 is 2.62 bits per heavy atom. The molecule has 5 nitrogen and oxygen atoms in total. The van der Waals surface area contributed by atoms with Gasteiger partial charge in [-0.15, -0.1) is 0 Å². The fraction of sp³-hybridized carbons (Fsp3) is 0.875. The van der Waals surface area contributed by atoms with Crippen LogP contribution in [0.3, 0.4) is 0 Å². The van der Waals surface area contributed by atoms with Gasteiger partial charge in [-0.25, -0.2) is 4.79 Å². The van der Waals surface area contributed by atoms with Crippen molar-refractivity contribution in [2.24, 2.45) is 11.8 Å². The first-order valence-electron chi connectivity index (χ1n) is 8.41. The molecule has 3 saturated heterocycles. The summed E-state index contributed by atoms with van der Waals surface area (Å²) in [6, 6.07) is 0.196. The fourth-order valence-electron chi connectivity index (χ4n) is 4.48. The lowest BCUT2D eigenvalue weighted by Gasteiger charge is -2.30. The number of nitrogens with zero attached hydrogens (tertiary/aromatic N) is 2. The predicted molar refractivity (Wildman–Crippen MR) is 79.0 cm³/mol. The third-order valence-electron chi connectivity index (χ3n) is 5.77. The van der Waals surface area contributed by atoms with E-state index in [4.69, 9.17) is 0 Å². The van der Waals surface area contributed by atoms with Crippen LogP contribution in [0, 0.1) is 11.8 Å². The Hall–Kier alpha value is -1.26. The van der Waals surface area contributed by atoms with Gasteiger partial charge in [0.05, 0.1) is 5.92 Å². The molecule has 5 heteroatoms. The minimum atomic E-state index is -0.734. The topological polar surface area (TPSA) is 60.9 Å². The van der Waals surface area contributed by atoms with Crippen molar-refractivity contribution in [1.82, 2.24) is 9.80 Å². The molecule has 0 saturated carbocycles. The molecule has 21 heavy (non-hydrogen) atoms. The molecule has 0 aromatic heterocycles. The number of rotatable bonds is 2. The quantitative estimate of drug-likeness (QED) is 0.851. The van der Waals surface area contributed by atoms with Gasteiger partial charge >= 0.3 is 12.0 Å². The number of aliphatic carboxylic acids is 1. The number of fused-ring (bicyclic) bond motifs is 2. The van der Waals surface area contributed by atoms with Crippen molar-refractivity contribution >= 4 is 12.0 Å². The third kappa shape index (κ3) is 2.62. The van der Waals surface area contributed by atoms with Crippen molar-refractivity contribution in [3.63, 3.8) is 0 Å². The largest absolute Gasteiger partial charge is 0.481 e. The van der Waals surface area contributed by atoms with E-state index in [2.05, 4.69) is 6.92 Å². The van der Waals surface area contributed by atoms with Crippen LogP contribution in [0.15, 0.2) is 0 Å². The van der Waals surface area contributed by atoms with Crippen LogP contribution in [0.2, 0.25) is 0 Å². The van der Waals surface area contributed by atoms with E-state index in [1.165, 1.54) is 12.8 Å². The summed E-state index contributed by atoms with van der Waals surface area (Å²) in [6.45, 7) is 3.90. The minimum Gasteiger partial charge on any atom is -0.481 e. The number of carboxylic acid groups (broad SMARTS) is 1. The molecule has 0 aromatic carbocycles. The number of urea groups is 1. The number of hydrogen-bond acceptors (Lipinski definition) is 2. The third-order valence-corrected chi connectivity index (χ3v) is 5.77. The molecule has 118 valence electrons. The monoisotopic (exact) mass is 294 g/mol. The van der Waals surface area contributed by atoms with E-state index in [1.807, 2.05) is 9.80 Å². The average Bonchev–Trinajstić information content (AvgIpc) is 2.95. The number of likely N-dealkylation sites (tertiary alicyclic amines) is 1. The highest BCUT2D eigenvalue weighted by Crippen LogP contribution is 2.42. The van der Waals surface area contributed by atoms with Gasteiger partial charge in [-0.1, -0.05) is 13.3 Å². The SMILES string of the molecule is CCC1CCCN(C(=O)N2C3CCC2C(C(=O)O)C3)CC1. The first kappa shape index (κ1) is 14.7. The summed E-state index contributed by atoms with van der Waals surface area (Å²) in [7, 11) is 0. The van der Waals surface area contributed by atoms with E-state index in [9.17, 15) is 14.7 Å². The van der Waals surface area contributed by atoms with Crippen molar-refractivity contribution in [2.45, 2.75) is 64.0 Å². The summed E-state index contributed by atoms with van der Waals surface area (Å²) < 4.78 is 0. The Labute approximate surface area is 126 Å². The molecular weight excluding hydrogens is 268 g/mol. The van der Waals surface area contributed by atoms with Crippen molar-refractivity contribution in [3.8, 4) is 0 Å². The zero-order valence-corrected chi connectivity index (χ0v) is 12.8. The molecular formula is C16H26N2O3. The molecule has 0 aromatic rings. The summed E-state index contributed by atoms with van der Waals surface area (Å²) in [5, 5.41) is 9.31. The lowest BCUT2D eigenvalue weighted by Crippen LogP contribution is -2.47. The van der Waals surface area contributed by atoms with Crippen LogP contribution in [0.25, 0.3) is 0 Å². The van der Waals surface area contributed by atoms with Gasteiger partial charge in [-0.2, -0.15) is 0 Å². The maximum absolute atomic E-state index is 12.8. The van der Waals surface area contributed by atoms with Crippen LogP contribution in [-0.4, -0.2) is 52.1 Å². The van der Waals surface area contributed by atoms with E-state index < -0.39 is 5.97 Å². The normalized spacial score (nSPS) is 35.9. The highest BCUT2D eigenvalue weighted by Gasteiger charge is 2.52. The van der Waals surface area contributed by atoms with Crippen LogP contribution in [-0.2, 0) is 4.79 Å². The Morgan fingerprint density at radius 1 is 1.14 bits per heavy atom. The van der Waals surface area contributed by atoms with Crippen molar-refractivity contribution in [1.29, 1.82) is 0 Å². The zero-order valence-electron chi connectivity index (χ0n) is 12.8. The second-order valence-electron chi connectivity index (χ2n) is 6.86. The van der Waals surface area contributed by atoms with Gasteiger partial charge in [0.1, 0.15) is 0 Å². The molecule has 0 aliphatic carbocycles. The van der Waals surface area contributed by atoms with Crippen LogP contribution >= 0.6 is 0 Å². The van der Waals surface area contributed by atoms with Crippen LogP contribution < -0.4 is 0 Å². The Morgan fingerprint density at radius 2 is 1.95 bits per heavy atom. The van der Waals surface area contributed by atoms with Gasteiger partial charge in [0.2, 0.25) is 0 Å². The van der Waals surface area contributed by atoms with E-state index in [-0.39, 0.29) is 24.0 Å². The number of hydrogen-bond donors (Lipinski definition) is 1. The molecule has 3 rings (SSSR count). The van der Waals surface area contributed by atoms with Crippen LogP contribution in [0.5, 0.6) is 0 Å². The molecule has 2 bridgehead atoms. The van der Waals surface area contributed by atoms with E-state index in [1.54, 1.807) is 0 Å². The predicted octanol–water partition coefficient (Wildman–Crippen LogP) is 2.56. The second-order valence-corrected chi connectivity index (χ2v) is 6.86. The standard InChI is InChI=1S/C16H26N2O3/c1-2-11-4-3-8-17(9-7-11)16(21)18-12-5-6-14(18)13(10-12)15(19)20/h11-14H,2-10H2,1H3,(H,19,20). The minimum absolute atomic E-state index is 0.0646. The number of amides is 2. The molecule has 3 heterocycles. The van der Waals surface area contributed by atoms with Gasteiger partial charge in [0, 0.05) is 25.2 Å². The second kappa shape index (κ2) is 5.85. The van der Waals surface area contributed by atoms with E-state index >= 15 is 0 Å². The molecule has 3 aliphatic heterocycles. The summed E-state index contributed by atoms with van der Waals surface area (Å²) in [6.07, 6.45) is 7.06. The van der Waals surface area contributed by atoms with Crippen molar-refractivity contribution in [3.05, 3.63) is 0 Å². The first-order valence-corrected chi connectivity index (χ1v) is 8.41. The lowest BCUT2D eigenvalue weighted by molar-refractivity contribution is -0.142. The molecule has 0 radical (unpaired) electrons. The number of carboxylic acids is 1. The van der Waals surface area contributed by atoms with Gasteiger partial charge in [-0.3, -0.25) is 4.79 Å². The smallest absolute Gasteiger partial charge is 0.320 e. The Kier molecular flexibility index (Phi) is 4.09. The summed E-state index contributed by atoms with van der Waals surface area (Å²) in [5.41, 5.74) is 0. The molecule has 4 unspecified atom stereocenters. The van der Waals surface area contributed by atoms with E-state index in [0.717, 1.165) is 44.7 Å². The molecule has 4 atom stereocenters. The van der Waals surface area contributed by atoms with E-state index in [0.29, 0.717) is 6.42 Å². The Balaban J connectivity index is 1.67. The summed E-state index contributed by atoms with van der Waals surface area (Å²) in [5.74, 6) is -0.338. The van der Waals surface area contributed by atoms with Crippen LogP contribution in [0.1, 0.15) is 51.9 Å². The maximum atomic E-state index is 12.8. The highest BCUT2D eigenvalue weighted by atomic mass is 16.4. The first-order chi connectivity index (χ1) is 10.1.